The molecule has 0 atom stereocenters. The number of hydrogen-bond donors (Lipinski definition) is 1. The van der Waals surface area contributed by atoms with Crippen molar-refractivity contribution in [1.82, 2.24) is 9.97 Å². The van der Waals surface area contributed by atoms with E-state index in [4.69, 9.17) is 10.00 Å². The SMILES string of the molecule is CCOc1ccc(NC(=O)c2ccc(C#N)cn2)cn1. The highest BCUT2D eigenvalue weighted by Crippen LogP contribution is 2.12. The van der Waals surface area contributed by atoms with Gasteiger partial charge in [0.15, 0.2) is 0 Å². The van der Waals surface area contributed by atoms with Crippen LogP contribution in [-0.2, 0) is 0 Å². The second kappa shape index (κ2) is 6.29. The Balaban J connectivity index is 2.05. The Bertz CT molecular complexity index is 630. The lowest BCUT2D eigenvalue weighted by Crippen LogP contribution is -2.13. The second-order valence-electron chi connectivity index (χ2n) is 3.82. The molecule has 0 saturated heterocycles. The summed E-state index contributed by atoms with van der Waals surface area (Å²) in [7, 11) is 0. The molecule has 2 aromatic rings. The summed E-state index contributed by atoms with van der Waals surface area (Å²) in [5.41, 5.74) is 1.19. The van der Waals surface area contributed by atoms with Gasteiger partial charge in [-0.05, 0) is 25.1 Å². The smallest absolute Gasteiger partial charge is 0.274 e. The van der Waals surface area contributed by atoms with Crippen LogP contribution in [-0.4, -0.2) is 22.5 Å². The Morgan fingerprint density at radius 3 is 2.70 bits per heavy atom. The fourth-order valence-corrected chi connectivity index (χ4v) is 1.48. The van der Waals surface area contributed by atoms with Gasteiger partial charge < -0.3 is 10.1 Å². The zero-order valence-electron chi connectivity index (χ0n) is 10.8. The summed E-state index contributed by atoms with van der Waals surface area (Å²) >= 11 is 0. The van der Waals surface area contributed by atoms with Crippen molar-refractivity contribution in [2.24, 2.45) is 0 Å². The summed E-state index contributed by atoms with van der Waals surface area (Å²) in [5.74, 6) is 0.141. The zero-order chi connectivity index (χ0) is 14.4. The summed E-state index contributed by atoms with van der Waals surface area (Å²) in [6.45, 7) is 2.40. The van der Waals surface area contributed by atoms with Crippen LogP contribution in [0.3, 0.4) is 0 Å². The molecular weight excluding hydrogens is 256 g/mol. The Morgan fingerprint density at radius 2 is 2.15 bits per heavy atom. The number of amides is 1. The van der Waals surface area contributed by atoms with E-state index in [2.05, 4.69) is 15.3 Å². The molecule has 20 heavy (non-hydrogen) atoms. The molecule has 6 heteroatoms. The number of nitrogens with zero attached hydrogens (tertiary/aromatic N) is 3. The third-order valence-corrected chi connectivity index (χ3v) is 2.41. The predicted octanol–water partition coefficient (Wildman–Crippen LogP) is 2.00. The van der Waals surface area contributed by atoms with Gasteiger partial charge in [-0.1, -0.05) is 0 Å². The van der Waals surface area contributed by atoms with Crippen molar-refractivity contribution < 1.29 is 9.53 Å². The van der Waals surface area contributed by atoms with E-state index in [9.17, 15) is 4.79 Å². The van der Waals surface area contributed by atoms with Crippen molar-refractivity contribution in [1.29, 1.82) is 5.26 Å². The molecule has 0 spiro atoms. The normalized spacial score (nSPS) is 9.60. The minimum absolute atomic E-state index is 0.234. The first-order chi connectivity index (χ1) is 9.72. The molecule has 0 aromatic carbocycles. The van der Waals surface area contributed by atoms with Gasteiger partial charge in [-0.15, -0.1) is 0 Å². The van der Waals surface area contributed by atoms with Crippen LogP contribution in [0.5, 0.6) is 5.88 Å². The van der Waals surface area contributed by atoms with E-state index in [0.717, 1.165) is 0 Å². The Morgan fingerprint density at radius 1 is 1.30 bits per heavy atom. The summed E-state index contributed by atoms with van der Waals surface area (Å²) in [4.78, 5) is 19.9. The maximum Gasteiger partial charge on any atom is 0.274 e. The average molecular weight is 268 g/mol. The van der Waals surface area contributed by atoms with Crippen LogP contribution in [0.1, 0.15) is 23.0 Å². The van der Waals surface area contributed by atoms with Crippen LogP contribution < -0.4 is 10.1 Å². The fraction of sp³-hybridized carbons (Fsp3) is 0.143. The quantitative estimate of drug-likeness (QED) is 0.916. The van der Waals surface area contributed by atoms with E-state index in [1.54, 1.807) is 18.2 Å². The number of hydrogen-bond acceptors (Lipinski definition) is 5. The number of carbonyl (C=O) groups excluding carboxylic acids is 1. The van der Waals surface area contributed by atoms with E-state index < -0.39 is 0 Å². The summed E-state index contributed by atoms with van der Waals surface area (Å²) in [6, 6.07) is 8.34. The molecule has 1 amide bonds. The lowest BCUT2D eigenvalue weighted by Gasteiger charge is -2.05. The van der Waals surface area contributed by atoms with Crippen molar-refractivity contribution in [3.8, 4) is 11.9 Å². The molecule has 1 N–H and O–H groups in total. The number of nitriles is 1. The van der Waals surface area contributed by atoms with Gasteiger partial charge in [-0.3, -0.25) is 4.79 Å². The van der Waals surface area contributed by atoms with Gasteiger partial charge in [-0.25, -0.2) is 9.97 Å². The molecule has 0 saturated carbocycles. The highest BCUT2D eigenvalue weighted by atomic mass is 16.5. The van der Waals surface area contributed by atoms with Crippen molar-refractivity contribution in [2.75, 3.05) is 11.9 Å². The van der Waals surface area contributed by atoms with Gasteiger partial charge in [0.1, 0.15) is 11.8 Å². The molecule has 0 aliphatic rings. The Kier molecular flexibility index (Phi) is 4.24. The van der Waals surface area contributed by atoms with E-state index in [-0.39, 0.29) is 11.6 Å². The Labute approximate surface area is 116 Å². The number of nitrogens with one attached hydrogen (secondary N) is 1. The average Bonchev–Trinajstić information content (AvgIpc) is 2.49. The van der Waals surface area contributed by atoms with Gasteiger partial charge in [-0.2, -0.15) is 5.26 Å². The van der Waals surface area contributed by atoms with Gasteiger partial charge in [0, 0.05) is 12.3 Å². The minimum atomic E-state index is -0.361. The molecule has 0 unspecified atom stereocenters. The molecule has 2 heterocycles. The molecule has 2 rings (SSSR count). The lowest BCUT2D eigenvalue weighted by atomic mass is 10.2. The van der Waals surface area contributed by atoms with Gasteiger partial charge in [0.25, 0.3) is 5.91 Å². The van der Waals surface area contributed by atoms with Crippen LogP contribution in [0.2, 0.25) is 0 Å². The van der Waals surface area contributed by atoms with Crippen LogP contribution in [0, 0.1) is 11.3 Å². The van der Waals surface area contributed by atoms with E-state index in [0.29, 0.717) is 23.7 Å². The van der Waals surface area contributed by atoms with Crippen LogP contribution in [0.25, 0.3) is 0 Å². The monoisotopic (exact) mass is 268 g/mol. The van der Waals surface area contributed by atoms with Crippen molar-refractivity contribution in [3.63, 3.8) is 0 Å². The molecule has 100 valence electrons. The third-order valence-electron chi connectivity index (χ3n) is 2.41. The van der Waals surface area contributed by atoms with Crippen molar-refractivity contribution in [3.05, 3.63) is 47.9 Å². The van der Waals surface area contributed by atoms with Crippen LogP contribution in [0.15, 0.2) is 36.7 Å². The minimum Gasteiger partial charge on any atom is -0.478 e. The largest absolute Gasteiger partial charge is 0.478 e. The second-order valence-corrected chi connectivity index (χ2v) is 3.82. The van der Waals surface area contributed by atoms with E-state index >= 15 is 0 Å². The predicted molar refractivity (Wildman–Crippen MR) is 72.3 cm³/mol. The summed E-state index contributed by atoms with van der Waals surface area (Å²) in [5, 5.41) is 11.3. The number of anilines is 1. The van der Waals surface area contributed by atoms with E-state index in [1.807, 2.05) is 13.0 Å². The molecule has 0 radical (unpaired) electrons. The molecule has 0 aliphatic carbocycles. The van der Waals surface area contributed by atoms with E-state index in [1.165, 1.54) is 18.5 Å². The van der Waals surface area contributed by atoms with Gasteiger partial charge >= 0.3 is 0 Å². The van der Waals surface area contributed by atoms with Crippen molar-refractivity contribution in [2.45, 2.75) is 6.92 Å². The molecule has 6 nitrogen and oxygen atoms in total. The number of pyridine rings is 2. The first-order valence-electron chi connectivity index (χ1n) is 5.99. The number of aromatic nitrogens is 2. The highest BCUT2D eigenvalue weighted by Gasteiger charge is 2.08. The van der Waals surface area contributed by atoms with Crippen LogP contribution >= 0.6 is 0 Å². The zero-order valence-corrected chi connectivity index (χ0v) is 10.8. The lowest BCUT2D eigenvalue weighted by molar-refractivity contribution is 0.102. The van der Waals surface area contributed by atoms with Crippen molar-refractivity contribution >= 4 is 11.6 Å². The molecule has 2 aromatic heterocycles. The van der Waals surface area contributed by atoms with Crippen LogP contribution in [0.4, 0.5) is 5.69 Å². The standard InChI is InChI=1S/C14H12N4O2/c1-2-20-13-6-4-11(9-17-13)18-14(19)12-5-3-10(7-15)8-16-12/h3-6,8-9H,2H2,1H3,(H,18,19). The molecule has 0 aliphatic heterocycles. The fourth-order valence-electron chi connectivity index (χ4n) is 1.48. The number of rotatable bonds is 4. The first-order valence-corrected chi connectivity index (χ1v) is 5.99. The topological polar surface area (TPSA) is 87.9 Å². The third kappa shape index (κ3) is 3.29. The first kappa shape index (κ1) is 13.5. The highest BCUT2D eigenvalue weighted by molar-refractivity contribution is 6.02. The Hall–Kier alpha value is -2.94. The molecule has 0 fully saturated rings. The maximum absolute atomic E-state index is 11.9. The number of carbonyl (C=O) groups is 1. The number of ether oxygens (including phenoxy) is 1. The molecular formula is C14H12N4O2. The summed E-state index contributed by atoms with van der Waals surface area (Å²) in [6.07, 6.45) is 2.86. The molecule has 0 bridgehead atoms. The van der Waals surface area contributed by atoms with Gasteiger partial charge in [0.05, 0.1) is 24.1 Å². The summed E-state index contributed by atoms with van der Waals surface area (Å²) < 4.78 is 5.21. The van der Waals surface area contributed by atoms with Gasteiger partial charge in [0.2, 0.25) is 5.88 Å². The maximum atomic E-state index is 11.9.